The number of Topliss-reactive ketones (excluding diaryl/α,β-unsaturated/α-hetero) is 1. The van der Waals surface area contributed by atoms with E-state index in [1.54, 1.807) is 30.6 Å². The molecule has 0 aliphatic carbocycles. The summed E-state index contributed by atoms with van der Waals surface area (Å²) in [7, 11) is 0. The van der Waals surface area contributed by atoms with Gasteiger partial charge in [-0.3, -0.25) is 9.59 Å². The number of carbonyl (C=O) groups excluding carboxylic acids is 2. The van der Waals surface area contributed by atoms with Crippen molar-refractivity contribution in [3.63, 3.8) is 0 Å². The van der Waals surface area contributed by atoms with E-state index in [2.05, 4.69) is 15.5 Å². The standard InChI is InChI=1S/C16H20N4O2S/c1-10(2)20-9-17-19-16(20)23-12(4)15(22)18-14-7-5-13(6-8-14)11(3)21/h5-10,12H,1-4H3,(H,18,22)/t12-/m1/s1. The summed E-state index contributed by atoms with van der Waals surface area (Å²) in [6.07, 6.45) is 1.66. The summed E-state index contributed by atoms with van der Waals surface area (Å²) in [6.45, 7) is 7.41. The van der Waals surface area contributed by atoms with Gasteiger partial charge in [-0.05, 0) is 52.0 Å². The Morgan fingerprint density at radius 3 is 2.39 bits per heavy atom. The monoisotopic (exact) mass is 332 g/mol. The third kappa shape index (κ3) is 4.41. The van der Waals surface area contributed by atoms with Crippen LogP contribution in [0.25, 0.3) is 0 Å². The average molecular weight is 332 g/mol. The summed E-state index contributed by atoms with van der Waals surface area (Å²) < 4.78 is 1.93. The van der Waals surface area contributed by atoms with E-state index in [0.717, 1.165) is 5.16 Å². The van der Waals surface area contributed by atoms with Crippen molar-refractivity contribution in [1.29, 1.82) is 0 Å². The minimum atomic E-state index is -0.316. The Balaban J connectivity index is 1.99. The molecule has 7 heteroatoms. The number of rotatable bonds is 6. The predicted octanol–water partition coefficient (Wildman–Crippen LogP) is 3.18. The summed E-state index contributed by atoms with van der Waals surface area (Å²) in [5.74, 6) is -0.122. The van der Waals surface area contributed by atoms with Crippen molar-refractivity contribution in [2.24, 2.45) is 0 Å². The minimum absolute atomic E-state index is 0.000165. The highest BCUT2D eigenvalue weighted by Gasteiger charge is 2.18. The molecular weight excluding hydrogens is 312 g/mol. The SMILES string of the molecule is CC(=O)c1ccc(NC(=O)[C@@H](C)Sc2nncn2C(C)C)cc1. The van der Waals surface area contributed by atoms with E-state index in [1.807, 2.05) is 25.3 Å². The number of aromatic nitrogens is 3. The molecule has 0 saturated heterocycles. The number of carbonyl (C=O) groups is 2. The van der Waals surface area contributed by atoms with Crippen LogP contribution in [-0.4, -0.2) is 31.7 Å². The van der Waals surface area contributed by atoms with E-state index in [4.69, 9.17) is 0 Å². The van der Waals surface area contributed by atoms with E-state index in [9.17, 15) is 9.59 Å². The van der Waals surface area contributed by atoms with Gasteiger partial charge in [0, 0.05) is 17.3 Å². The van der Waals surface area contributed by atoms with E-state index < -0.39 is 0 Å². The van der Waals surface area contributed by atoms with Crippen LogP contribution in [0.2, 0.25) is 0 Å². The normalized spacial score (nSPS) is 12.2. The van der Waals surface area contributed by atoms with Crippen LogP contribution < -0.4 is 5.32 Å². The summed E-state index contributed by atoms with van der Waals surface area (Å²) in [4.78, 5) is 23.5. The molecule has 0 unspecified atom stereocenters. The van der Waals surface area contributed by atoms with Crippen LogP contribution >= 0.6 is 11.8 Å². The van der Waals surface area contributed by atoms with Gasteiger partial charge in [0.2, 0.25) is 5.91 Å². The smallest absolute Gasteiger partial charge is 0.237 e. The van der Waals surface area contributed by atoms with Gasteiger partial charge in [-0.1, -0.05) is 11.8 Å². The number of thioether (sulfide) groups is 1. The van der Waals surface area contributed by atoms with Gasteiger partial charge in [-0.25, -0.2) is 0 Å². The van der Waals surface area contributed by atoms with Gasteiger partial charge in [-0.2, -0.15) is 0 Å². The maximum atomic E-state index is 12.3. The number of ketones is 1. The lowest BCUT2D eigenvalue weighted by Gasteiger charge is -2.14. The number of benzene rings is 1. The second-order valence-electron chi connectivity index (χ2n) is 5.50. The van der Waals surface area contributed by atoms with Gasteiger partial charge in [0.1, 0.15) is 6.33 Å². The molecule has 1 aromatic heterocycles. The lowest BCUT2D eigenvalue weighted by Crippen LogP contribution is -2.23. The first-order valence-electron chi connectivity index (χ1n) is 7.36. The first kappa shape index (κ1) is 17.2. The number of nitrogens with zero attached hydrogens (tertiary/aromatic N) is 3. The van der Waals surface area contributed by atoms with Crippen LogP contribution in [0.4, 0.5) is 5.69 Å². The Bertz CT molecular complexity index is 694. The molecule has 2 rings (SSSR count). The maximum Gasteiger partial charge on any atom is 0.237 e. The molecule has 0 aliphatic rings. The molecule has 0 radical (unpaired) electrons. The Morgan fingerprint density at radius 1 is 1.17 bits per heavy atom. The topological polar surface area (TPSA) is 76.9 Å². The zero-order valence-electron chi connectivity index (χ0n) is 13.6. The Kier molecular flexibility index (Phi) is 5.54. The van der Waals surface area contributed by atoms with E-state index in [-0.39, 0.29) is 23.0 Å². The highest BCUT2D eigenvalue weighted by Crippen LogP contribution is 2.24. The molecule has 6 nitrogen and oxygen atoms in total. The molecule has 0 spiro atoms. The summed E-state index contributed by atoms with van der Waals surface area (Å²) in [5, 5.41) is 11.2. The summed E-state index contributed by atoms with van der Waals surface area (Å²) >= 11 is 1.36. The van der Waals surface area contributed by atoms with E-state index in [1.165, 1.54) is 18.7 Å². The molecule has 2 aromatic rings. The van der Waals surface area contributed by atoms with Crippen molar-refractivity contribution in [2.75, 3.05) is 5.32 Å². The molecule has 0 aliphatic heterocycles. The summed E-state index contributed by atoms with van der Waals surface area (Å²) in [6, 6.07) is 7.09. The van der Waals surface area contributed by atoms with Gasteiger partial charge >= 0.3 is 0 Å². The number of hydrogen-bond acceptors (Lipinski definition) is 5. The van der Waals surface area contributed by atoms with Crippen LogP contribution in [-0.2, 0) is 4.79 Å². The zero-order valence-corrected chi connectivity index (χ0v) is 14.4. The highest BCUT2D eigenvalue weighted by atomic mass is 32.2. The molecule has 1 amide bonds. The molecule has 1 N–H and O–H groups in total. The lowest BCUT2D eigenvalue weighted by atomic mass is 10.1. The van der Waals surface area contributed by atoms with Crippen LogP contribution in [0.3, 0.4) is 0 Å². The van der Waals surface area contributed by atoms with Crippen LogP contribution in [0, 0.1) is 0 Å². The Labute approximate surface area is 139 Å². The molecule has 23 heavy (non-hydrogen) atoms. The number of hydrogen-bond donors (Lipinski definition) is 1. The zero-order chi connectivity index (χ0) is 17.0. The van der Waals surface area contributed by atoms with Gasteiger partial charge in [0.05, 0.1) is 5.25 Å². The first-order valence-corrected chi connectivity index (χ1v) is 8.24. The van der Waals surface area contributed by atoms with Gasteiger partial charge in [-0.15, -0.1) is 10.2 Å². The molecule has 0 bridgehead atoms. The van der Waals surface area contributed by atoms with Crippen molar-refractivity contribution in [3.05, 3.63) is 36.2 Å². The Hall–Kier alpha value is -2.15. The van der Waals surface area contributed by atoms with Gasteiger partial charge < -0.3 is 9.88 Å². The largest absolute Gasteiger partial charge is 0.325 e. The average Bonchev–Trinajstić information content (AvgIpc) is 2.96. The number of anilines is 1. The molecular formula is C16H20N4O2S. The minimum Gasteiger partial charge on any atom is -0.325 e. The second-order valence-corrected chi connectivity index (χ2v) is 6.81. The second kappa shape index (κ2) is 7.41. The molecule has 1 atom stereocenters. The third-order valence-corrected chi connectivity index (χ3v) is 4.38. The maximum absolute atomic E-state index is 12.3. The molecule has 0 saturated carbocycles. The Morgan fingerprint density at radius 2 is 1.83 bits per heavy atom. The fourth-order valence-corrected chi connectivity index (χ4v) is 2.87. The van der Waals surface area contributed by atoms with Gasteiger partial charge in [0.25, 0.3) is 0 Å². The highest BCUT2D eigenvalue weighted by molar-refractivity contribution is 8.00. The van der Waals surface area contributed by atoms with Crippen molar-refractivity contribution < 1.29 is 9.59 Å². The van der Waals surface area contributed by atoms with E-state index >= 15 is 0 Å². The predicted molar refractivity (Wildman–Crippen MR) is 90.8 cm³/mol. The molecule has 122 valence electrons. The molecule has 1 aromatic carbocycles. The van der Waals surface area contributed by atoms with E-state index in [0.29, 0.717) is 11.3 Å². The van der Waals surface area contributed by atoms with Crippen molar-refractivity contribution >= 4 is 29.1 Å². The van der Waals surface area contributed by atoms with Crippen molar-refractivity contribution in [3.8, 4) is 0 Å². The molecule has 1 heterocycles. The summed E-state index contributed by atoms with van der Waals surface area (Å²) in [5.41, 5.74) is 1.29. The van der Waals surface area contributed by atoms with Crippen LogP contribution in [0.15, 0.2) is 35.7 Å². The molecule has 0 fully saturated rings. The first-order chi connectivity index (χ1) is 10.9. The van der Waals surface area contributed by atoms with Crippen molar-refractivity contribution in [2.45, 2.75) is 44.1 Å². The van der Waals surface area contributed by atoms with Crippen LogP contribution in [0.1, 0.15) is 44.1 Å². The van der Waals surface area contributed by atoms with Crippen LogP contribution in [0.5, 0.6) is 0 Å². The van der Waals surface area contributed by atoms with Crippen molar-refractivity contribution in [1.82, 2.24) is 14.8 Å². The lowest BCUT2D eigenvalue weighted by molar-refractivity contribution is -0.115. The third-order valence-electron chi connectivity index (χ3n) is 3.31. The fraction of sp³-hybridized carbons (Fsp3) is 0.375. The van der Waals surface area contributed by atoms with Gasteiger partial charge in [0.15, 0.2) is 10.9 Å². The quantitative estimate of drug-likeness (QED) is 0.649. The number of amides is 1. The fourth-order valence-electron chi connectivity index (χ4n) is 1.91. The number of nitrogens with one attached hydrogen (secondary N) is 1.